The van der Waals surface area contributed by atoms with Crippen LogP contribution in [0.3, 0.4) is 0 Å². The van der Waals surface area contributed by atoms with E-state index in [0.717, 1.165) is 16.3 Å². The van der Waals surface area contributed by atoms with Gasteiger partial charge in [-0.2, -0.15) is 0 Å². The molecular weight excluding hydrogens is 456 g/mol. The van der Waals surface area contributed by atoms with Gasteiger partial charge in [-0.15, -0.1) is 0 Å². The molecule has 34 heavy (non-hydrogen) atoms. The number of esters is 4. The molecule has 0 spiro atoms. The van der Waals surface area contributed by atoms with Crippen LogP contribution in [0.4, 0.5) is 0 Å². The van der Waals surface area contributed by atoms with Gasteiger partial charge in [0, 0.05) is 12.0 Å². The molecule has 0 aliphatic heterocycles. The van der Waals surface area contributed by atoms with Crippen molar-refractivity contribution in [3.05, 3.63) is 52.6 Å². The third-order valence-electron chi connectivity index (χ3n) is 7.04. The van der Waals surface area contributed by atoms with Gasteiger partial charge >= 0.3 is 23.9 Å². The van der Waals surface area contributed by atoms with Gasteiger partial charge < -0.3 is 18.9 Å². The highest BCUT2D eigenvalue weighted by molar-refractivity contribution is 6.92. The lowest BCUT2D eigenvalue weighted by molar-refractivity contribution is -0.168. The third kappa shape index (κ3) is 3.98. The molecule has 0 amide bonds. The molecule has 3 rings (SSSR count). The second-order valence-corrected chi connectivity index (χ2v) is 13.7. The van der Waals surface area contributed by atoms with Gasteiger partial charge in [0.25, 0.3) is 0 Å². The molecule has 182 valence electrons. The number of rotatable bonds is 6. The Morgan fingerprint density at radius 2 is 1.38 bits per heavy atom. The highest BCUT2D eigenvalue weighted by atomic mass is 28.3. The van der Waals surface area contributed by atoms with Gasteiger partial charge in [-0.05, 0) is 12.8 Å². The molecule has 1 aromatic rings. The summed E-state index contributed by atoms with van der Waals surface area (Å²) < 4.78 is 20.2. The van der Waals surface area contributed by atoms with Crippen LogP contribution in [0.5, 0.6) is 0 Å². The molecule has 0 aromatic heterocycles. The molecule has 0 saturated carbocycles. The summed E-state index contributed by atoms with van der Waals surface area (Å²) in [5.74, 6) is -2.66. The third-order valence-corrected chi connectivity index (χ3v) is 10.9. The Balaban J connectivity index is 2.28. The van der Waals surface area contributed by atoms with Crippen LogP contribution in [-0.2, 0) is 38.1 Å². The Hall–Kier alpha value is -3.20. The van der Waals surface area contributed by atoms with Gasteiger partial charge in [0.2, 0.25) is 0 Å². The molecule has 0 heterocycles. The van der Waals surface area contributed by atoms with Crippen LogP contribution in [0.1, 0.15) is 19.3 Å². The summed E-state index contributed by atoms with van der Waals surface area (Å²) in [6, 6.07) is 9.75. The van der Waals surface area contributed by atoms with Crippen molar-refractivity contribution in [2.24, 2.45) is 5.41 Å². The van der Waals surface area contributed by atoms with Crippen molar-refractivity contribution in [3.63, 3.8) is 0 Å². The highest BCUT2D eigenvalue weighted by Crippen LogP contribution is 2.57. The number of hydrogen-bond donors (Lipinski definition) is 0. The van der Waals surface area contributed by atoms with Gasteiger partial charge in [-0.25, -0.2) is 9.59 Å². The minimum Gasteiger partial charge on any atom is -0.468 e. The van der Waals surface area contributed by atoms with Crippen molar-refractivity contribution < 1.29 is 38.1 Å². The molecule has 9 heteroatoms. The molecule has 0 bridgehead atoms. The Bertz CT molecular complexity index is 1070. The standard InChI is InChI=1S/C25H30O8Si/c1-30-21(26)17-12-15-13-25(23(28)32-3,24(29)33-4)14-18(15)20(19(17)22(27)31-2)34(5,6)16-10-8-7-9-11-16/h7-11,20H,12-14H2,1-6H3. The lowest BCUT2D eigenvalue weighted by Gasteiger charge is -2.39. The lowest BCUT2D eigenvalue weighted by Crippen LogP contribution is -2.49. The molecule has 1 atom stereocenters. The smallest absolute Gasteiger partial charge is 0.334 e. The molecule has 0 radical (unpaired) electrons. The fraction of sp³-hybridized carbons (Fsp3) is 0.440. The first kappa shape index (κ1) is 25.4. The van der Waals surface area contributed by atoms with Crippen LogP contribution < -0.4 is 5.19 Å². The van der Waals surface area contributed by atoms with Crippen LogP contribution in [0.2, 0.25) is 18.6 Å². The average Bonchev–Trinajstić information content (AvgIpc) is 3.26. The SMILES string of the molecule is COC(=O)C1=C(C(=O)OC)C([Si](C)(C)c2ccccc2)C2=C(C1)CC(C(=O)OC)(C(=O)OC)C2. The fourth-order valence-electron chi connectivity index (χ4n) is 5.38. The van der Waals surface area contributed by atoms with E-state index < -0.39 is 42.9 Å². The van der Waals surface area contributed by atoms with Gasteiger partial charge in [-0.1, -0.05) is 59.8 Å². The minimum absolute atomic E-state index is 0.0462. The van der Waals surface area contributed by atoms with Crippen molar-refractivity contribution in [2.45, 2.75) is 37.9 Å². The molecule has 8 nitrogen and oxygen atoms in total. The van der Waals surface area contributed by atoms with Crippen molar-refractivity contribution >= 4 is 37.1 Å². The number of carbonyl (C=O) groups excluding carboxylic acids is 4. The Morgan fingerprint density at radius 1 is 0.824 bits per heavy atom. The maximum Gasteiger partial charge on any atom is 0.334 e. The Kier molecular flexibility index (Phi) is 7.16. The number of ether oxygens (including phenoxy) is 4. The van der Waals surface area contributed by atoms with Crippen LogP contribution in [0.15, 0.2) is 52.6 Å². The van der Waals surface area contributed by atoms with Gasteiger partial charge in [0.15, 0.2) is 5.41 Å². The molecule has 0 fully saturated rings. The number of hydrogen-bond acceptors (Lipinski definition) is 8. The number of carbonyl (C=O) groups is 4. The lowest BCUT2D eigenvalue weighted by atomic mass is 9.83. The van der Waals surface area contributed by atoms with Crippen molar-refractivity contribution in [2.75, 3.05) is 28.4 Å². The molecule has 0 saturated heterocycles. The predicted octanol–water partition coefficient (Wildman–Crippen LogP) is 2.44. The quantitative estimate of drug-likeness (QED) is 0.199. The van der Waals surface area contributed by atoms with E-state index >= 15 is 0 Å². The molecule has 2 aliphatic carbocycles. The normalized spacial score (nSPS) is 19.3. The van der Waals surface area contributed by atoms with E-state index in [1.54, 1.807) is 0 Å². The second-order valence-electron chi connectivity index (χ2n) is 9.12. The van der Waals surface area contributed by atoms with Crippen molar-refractivity contribution in [3.8, 4) is 0 Å². The van der Waals surface area contributed by atoms with Crippen molar-refractivity contribution in [1.29, 1.82) is 0 Å². The number of benzene rings is 1. The van der Waals surface area contributed by atoms with E-state index in [1.165, 1.54) is 28.4 Å². The first-order valence-corrected chi connectivity index (χ1v) is 14.0. The average molecular weight is 487 g/mol. The van der Waals surface area contributed by atoms with Gasteiger partial charge in [0.1, 0.15) is 0 Å². The van der Waals surface area contributed by atoms with E-state index in [-0.39, 0.29) is 30.4 Å². The second kappa shape index (κ2) is 9.58. The van der Waals surface area contributed by atoms with E-state index in [0.29, 0.717) is 0 Å². The van der Waals surface area contributed by atoms with E-state index in [4.69, 9.17) is 18.9 Å². The van der Waals surface area contributed by atoms with E-state index in [9.17, 15) is 19.2 Å². The number of allylic oxidation sites excluding steroid dienone is 2. The monoisotopic (exact) mass is 486 g/mol. The van der Waals surface area contributed by atoms with Crippen LogP contribution >= 0.6 is 0 Å². The summed E-state index contributed by atoms with van der Waals surface area (Å²) in [6.07, 6.45) is 0.175. The van der Waals surface area contributed by atoms with Crippen molar-refractivity contribution in [1.82, 2.24) is 0 Å². The summed E-state index contributed by atoms with van der Waals surface area (Å²) >= 11 is 0. The zero-order chi connectivity index (χ0) is 25.3. The largest absolute Gasteiger partial charge is 0.468 e. The van der Waals surface area contributed by atoms with Gasteiger partial charge in [0.05, 0.1) is 47.7 Å². The maximum atomic E-state index is 13.1. The molecule has 1 aromatic carbocycles. The van der Waals surface area contributed by atoms with Gasteiger partial charge in [-0.3, -0.25) is 9.59 Å². The molecule has 2 aliphatic rings. The Morgan fingerprint density at radius 3 is 1.88 bits per heavy atom. The molecule has 1 unspecified atom stereocenters. The first-order valence-electron chi connectivity index (χ1n) is 10.9. The topological polar surface area (TPSA) is 105 Å². The summed E-state index contributed by atoms with van der Waals surface area (Å²) in [7, 11) is 2.38. The summed E-state index contributed by atoms with van der Waals surface area (Å²) in [5.41, 5.74) is -0.106. The van der Waals surface area contributed by atoms with E-state index in [2.05, 4.69) is 13.1 Å². The zero-order valence-corrected chi connectivity index (χ0v) is 21.4. The maximum absolute atomic E-state index is 13.1. The fourth-order valence-corrected chi connectivity index (χ4v) is 8.96. The number of methoxy groups -OCH3 is 4. The first-order chi connectivity index (χ1) is 16.1. The summed E-state index contributed by atoms with van der Waals surface area (Å²) in [5, 5.41) is 1.05. The Labute approximate surface area is 199 Å². The molecular formula is C25H30O8Si. The summed E-state index contributed by atoms with van der Waals surface area (Å²) in [6.45, 7) is 4.19. The van der Waals surface area contributed by atoms with Crippen LogP contribution in [-0.4, -0.2) is 60.4 Å². The van der Waals surface area contributed by atoms with Crippen LogP contribution in [0, 0.1) is 5.41 Å². The highest BCUT2D eigenvalue weighted by Gasteiger charge is 2.58. The predicted molar refractivity (Wildman–Crippen MR) is 126 cm³/mol. The minimum atomic E-state index is -2.59. The zero-order valence-electron chi connectivity index (χ0n) is 20.4. The summed E-state index contributed by atoms with van der Waals surface area (Å²) in [4.78, 5) is 51.8. The van der Waals surface area contributed by atoms with Crippen LogP contribution in [0.25, 0.3) is 0 Å². The van der Waals surface area contributed by atoms with E-state index in [1.807, 2.05) is 30.3 Å². The molecule has 0 N–H and O–H groups in total.